The van der Waals surface area contributed by atoms with E-state index in [1.54, 1.807) is 5.57 Å². The molecule has 0 heterocycles. The average Bonchev–Trinajstić information content (AvgIpc) is 3.09. The summed E-state index contributed by atoms with van der Waals surface area (Å²) in [7, 11) is -3.26. The average molecular weight is 554 g/mol. The van der Waals surface area contributed by atoms with Gasteiger partial charge in [0.15, 0.2) is 16.6 Å². The highest BCUT2D eigenvalue weighted by Gasteiger charge is 2.61. The summed E-state index contributed by atoms with van der Waals surface area (Å²) >= 11 is 0. The highest BCUT2D eigenvalue weighted by atomic mass is 28.4. The van der Waals surface area contributed by atoms with Crippen molar-refractivity contribution in [2.75, 3.05) is 0 Å². The van der Waals surface area contributed by atoms with Crippen LogP contribution in [0.15, 0.2) is 47.1 Å². The molecule has 4 aliphatic rings. The number of fused-ring (bicyclic) bond motifs is 5. The van der Waals surface area contributed by atoms with E-state index in [9.17, 15) is 0 Å². The summed E-state index contributed by atoms with van der Waals surface area (Å²) in [6, 6.07) is 10.4. The third kappa shape index (κ3) is 5.66. The molecule has 7 atom stereocenters. The second-order valence-electron chi connectivity index (χ2n) is 15.0. The molecular formula is C32H51NO3Si2. The van der Waals surface area contributed by atoms with Crippen LogP contribution in [0.1, 0.15) is 64.4 Å². The van der Waals surface area contributed by atoms with Gasteiger partial charge in [-0.25, -0.2) is 0 Å². The molecule has 1 aromatic carbocycles. The van der Waals surface area contributed by atoms with Crippen molar-refractivity contribution in [3.63, 3.8) is 0 Å². The lowest BCUT2D eigenvalue weighted by molar-refractivity contribution is -0.0217. The van der Waals surface area contributed by atoms with Crippen LogP contribution in [0.3, 0.4) is 0 Å². The Balaban J connectivity index is 1.39. The highest BCUT2D eigenvalue weighted by Crippen LogP contribution is 2.64. The van der Waals surface area contributed by atoms with Crippen LogP contribution in [-0.2, 0) is 20.3 Å². The number of hydrogen-bond acceptors (Lipinski definition) is 4. The zero-order valence-electron chi connectivity index (χ0n) is 25.2. The molecule has 0 bridgehead atoms. The van der Waals surface area contributed by atoms with Crippen molar-refractivity contribution in [3.8, 4) is 0 Å². The highest BCUT2D eigenvalue weighted by molar-refractivity contribution is 6.70. The number of benzene rings is 1. The Morgan fingerprint density at radius 1 is 0.868 bits per heavy atom. The second-order valence-corrected chi connectivity index (χ2v) is 23.9. The van der Waals surface area contributed by atoms with Gasteiger partial charge < -0.3 is 13.7 Å². The Morgan fingerprint density at radius 2 is 1.55 bits per heavy atom. The van der Waals surface area contributed by atoms with Crippen molar-refractivity contribution >= 4 is 22.3 Å². The lowest BCUT2D eigenvalue weighted by Crippen LogP contribution is -2.51. The molecule has 0 saturated heterocycles. The standard InChI is InChI=1S/C32H51NO3Si2/c1-31-18-16-25(35-37(3,4)5)20-24(31)14-15-26-27(31)17-19-32(2)28(26)21-29(36-38(6,7)8)30(32)33-34-22-23-12-10-9-11-13-23/h9-14,25-29H,15-22H2,1-8H3/b33-30-/t25-,26+,27-,28-,29+,31-,32-/m0/s1. The fourth-order valence-corrected chi connectivity index (χ4v) is 10.7. The minimum absolute atomic E-state index is 0.0576. The molecule has 1 aromatic rings. The Kier molecular flexibility index (Phi) is 7.69. The number of hydrogen-bond donors (Lipinski definition) is 0. The lowest BCUT2D eigenvalue weighted by Gasteiger charge is -2.57. The van der Waals surface area contributed by atoms with Crippen LogP contribution in [0, 0.1) is 28.6 Å². The number of nitrogens with zero attached hydrogens (tertiary/aromatic N) is 1. The van der Waals surface area contributed by atoms with Crippen LogP contribution in [0.4, 0.5) is 0 Å². The maximum Gasteiger partial charge on any atom is 0.184 e. The quantitative estimate of drug-likeness (QED) is 0.193. The van der Waals surface area contributed by atoms with Gasteiger partial charge in [-0.1, -0.05) is 61.0 Å². The minimum atomic E-state index is -1.74. The fraction of sp³-hybridized carbons (Fsp3) is 0.719. The zero-order chi connectivity index (χ0) is 27.3. The molecule has 210 valence electrons. The predicted molar refractivity (Wildman–Crippen MR) is 162 cm³/mol. The molecule has 38 heavy (non-hydrogen) atoms. The molecule has 3 saturated carbocycles. The van der Waals surface area contributed by atoms with E-state index in [1.807, 2.05) is 6.07 Å². The van der Waals surface area contributed by atoms with Crippen molar-refractivity contribution in [3.05, 3.63) is 47.5 Å². The molecular weight excluding hydrogens is 503 g/mol. The maximum absolute atomic E-state index is 6.84. The maximum atomic E-state index is 6.84. The van der Waals surface area contributed by atoms with E-state index in [4.69, 9.17) is 18.8 Å². The van der Waals surface area contributed by atoms with E-state index in [0.717, 1.165) is 24.3 Å². The summed E-state index contributed by atoms with van der Waals surface area (Å²) in [5.74, 6) is 2.06. The van der Waals surface area contributed by atoms with Crippen molar-refractivity contribution in [2.45, 2.75) is 117 Å². The lowest BCUT2D eigenvalue weighted by atomic mass is 9.48. The van der Waals surface area contributed by atoms with Crippen LogP contribution in [-0.4, -0.2) is 34.6 Å². The number of rotatable bonds is 7. The van der Waals surface area contributed by atoms with Gasteiger partial charge >= 0.3 is 0 Å². The van der Waals surface area contributed by atoms with Gasteiger partial charge in [-0.15, -0.1) is 0 Å². The molecule has 0 radical (unpaired) electrons. The summed E-state index contributed by atoms with van der Waals surface area (Å²) in [5, 5.41) is 4.91. The molecule has 0 unspecified atom stereocenters. The Hall–Kier alpha value is -1.22. The predicted octanol–water partition coefficient (Wildman–Crippen LogP) is 8.57. The van der Waals surface area contributed by atoms with E-state index in [2.05, 4.69) is 83.5 Å². The third-order valence-corrected chi connectivity index (χ3v) is 12.1. The van der Waals surface area contributed by atoms with E-state index < -0.39 is 16.6 Å². The van der Waals surface area contributed by atoms with E-state index >= 15 is 0 Å². The molecule has 6 heteroatoms. The van der Waals surface area contributed by atoms with Gasteiger partial charge in [-0.3, -0.25) is 0 Å². The van der Waals surface area contributed by atoms with E-state index in [1.165, 1.54) is 37.8 Å². The van der Waals surface area contributed by atoms with E-state index in [-0.39, 0.29) is 11.5 Å². The van der Waals surface area contributed by atoms with Crippen molar-refractivity contribution in [2.24, 2.45) is 33.7 Å². The van der Waals surface area contributed by atoms with Gasteiger partial charge in [-0.2, -0.15) is 0 Å². The third-order valence-electron chi connectivity index (χ3n) is 10.1. The van der Waals surface area contributed by atoms with Crippen molar-refractivity contribution in [1.29, 1.82) is 0 Å². The first-order valence-corrected chi connectivity index (χ1v) is 21.9. The SMILES string of the molecule is C[C@]12CC[C@H](O[Si](C)(C)C)CC1=CC[C@@H]1[C@@H]2CC[C@]2(C)/C(=N\OCc3ccccc3)[C@H](O[Si](C)(C)C)C[C@@H]12. The molecule has 0 spiro atoms. The molecule has 3 fully saturated rings. The van der Waals surface area contributed by atoms with Crippen LogP contribution in [0.2, 0.25) is 39.3 Å². The minimum Gasteiger partial charge on any atom is -0.414 e. The first-order valence-electron chi connectivity index (χ1n) is 15.1. The fourth-order valence-electron chi connectivity index (χ4n) is 8.46. The largest absolute Gasteiger partial charge is 0.414 e. The summed E-state index contributed by atoms with van der Waals surface area (Å²) in [5.41, 5.74) is 4.43. The zero-order valence-corrected chi connectivity index (χ0v) is 27.2. The van der Waals surface area contributed by atoms with E-state index in [0.29, 0.717) is 30.0 Å². The van der Waals surface area contributed by atoms with Crippen LogP contribution >= 0.6 is 0 Å². The van der Waals surface area contributed by atoms with Crippen LogP contribution in [0.5, 0.6) is 0 Å². The summed E-state index contributed by atoms with van der Waals surface area (Å²) in [6.45, 7) is 19.5. The topological polar surface area (TPSA) is 40.0 Å². The first-order chi connectivity index (χ1) is 17.8. The molecule has 4 nitrogen and oxygen atoms in total. The molecule has 0 N–H and O–H groups in total. The second kappa shape index (κ2) is 10.3. The Morgan fingerprint density at radius 3 is 2.24 bits per heavy atom. The molecule has 0 amide bonds. The molecule has 5 rings (SSSR count). The molecule has 0 aromatic heterocycles. The molecule has 4 aliphatic carbocycles. The summed E-state index contributed by atoms with van der Waals surface area (Å²) < 4.78 is 13.4. The van der Waals surface area contributed by atoms with Crippen molar-refractivity contribution in [1.82, 2.24) is 0 Å². The van der Waals surface area contributed by atoms with Gasteiger partial charge in [0.25, 0.3) is 0 Å². The molecule has 0 aliphatic heterocycles. The summed E-state index contributed by atoms with van der Waals surface area (Å²) in [4.78, 5) is 6.06. The Labute approximate surface area is 233 Å². The van der Waals surface area contributed by atoms with Gasteiger partial charge in [0.2, 0.25) is 0 Å². The monoisotopic (exact) mass is 553 g/mol. The van der Waals surface area contributed by atoms with Gasteiger partial charge in [-0.05, 0) is 113 Å². The Bertz CT molecular complexity index is 1060. The van der Waals surface area contributed by atoms with Gasteiger partial charge in [0, 0.05) is 11.5 Å². The van der Waals surface area contributed by atoms with Crippen molar-refractivity contribution < 1.29 is 13.7 Å². The first kappa shape index (κ1) is 28.3. The van der Waals surface area contributed by atoms with Gasteiger partial charge in [0.1, 0.15) is 6.61 Å². The normalized spacial score (nSPS) is 38.3. The number of allylic oxidation sites excluding steroid dienone is 1. The number of oxime groups is 1. The van der Waals surface area contributed by atoms with Crippen LogP contribution in [0.25, 0.3) is 0 Å². The van der Waals surface area contributed by atoms with Gasteiger partial charge in [0.05, 0.1) is 11.8 Å². The van der Waals surface area contributed by atoms with Crippen LogP contribution < -0.4 is 0 Å². The smallest absolute Gasteiger partial charge is 0.184 e. The summed E-state index contributed by atoms with van der Waals surface area (Å²) in [6.07, 6.45) is 11.5.